The number of carbonyl (C=O) groups is 3. The normalized spacial score (nSPS) is 11.5. The molecule has 0 spiro atoms. The molecule has 0 saturated heterocycles. The van der Waals surface area contributed by atoms with E-state index in [9.17, 15) is 14.4 Å². The van der Waals surface area contributed by atoms with Crippen molar-refractivity contribution in [2.24, 2.45) is 0 Å². The van der Waals surface area contributed by atoms with Gasteiger partial charge >= 0.3 is 12.0 Å². The van der Waals surface area contributed by atoms with E-state index >= 15 is 0 Å². The highest BCUT2D eigenvalue weighted by Crippen LogP contribution is 2.29. The van der Waals surface area contributed by atoms with Crippen LogP contribution in [-0.2, 0) is 14.3 Å². The average Bonchev–Trinajstić information content (AvgIpc) is 2.47. The Morgan fingerprint density at radius 3 is 2.64 bits per heavy atom. The number of nitrogens with one attached hydrogen (secondary N) is 2. The van der Waals surface area contributed by atoms with Crippen molar-refractivity contribution in [1.29, 1.82) is 0 Å². The third-order valence-corrected chi connectivity index (χ3v) is 4.09. The first kappa shape index (κ1) is 18.6. The summed E-state index contributed by atoms with van der Waals surface area (Å²) in [4.78, 5) is 34.8. The standard InChI is InChI=1S/C13H14Cl2N2O4S/c1-7(12(19)17-13(20)16-2)21-11(18)6-22-10-5-8(14)3-4-9(10)15/h3-5,7H,6H2,1-2H3,(H2,16,17,19,20)/t7-/m1/s1. The molecule has 0 saturated carbocycles. The molecule has 0 unspecified atom stereocenters. The molecule has 0 radical (unpaired) electrons. The number of hydrogen-bond acceptors (Lipinski definition) is 5. The summed E-state index contributed by atoms with van der Waals surface area (Å²) in [7, 11) is 1.37. The van der Waals surface area contributed by atoms with E-state index in [0.717, 1.165) is 11.8 Å². The van der Waals surface area contributed by atoms with Gasteiger partial charge in [0.1, 0.15) is 0 Å². The molecular formula is C13H14Cl2N2O4S. The van der Waals surface area contributed by atoms with Crippen molar-refractivity contribution in [3.8, 4) is 0 Å². The van der Waals surface area contributed by atoms with Crippen LogP contribution in [0.15, 0.2) is 23.1 Å². The number of rotatable bonds is 5. The van der Waals surface area contributed by atoms with Gasteiger partial charge in [-0.05, 0) is 25.1 Å². The van der Waals surface area contributed by atoms with Gasteiger partial charge in [-0.2, -0.15) is 0 Å². The number of hydrogen-bond donors (Lipinski definition) is 2. The van der Waals surface area contributed by atoms with Crippen LogP contribution >= 0.6 is 35.0 Å². The number of thioether (sulfide) groups is 1. The minimum atomic E-state index is -1.08. The monoisotopic (exact) mass is 364 g/mol. The Hall–Kier alpha value is -1.44. The second-order valence-electron chi connectivity index (χ2n) is 4.06. The number of halogens is 2. The van der Waals surface area contributed by atoms with Crippen molar-refractivity contribution >= 4 is 52.9 Å². The van der Waals surface area contributed by atoms with Gasteiger partial charge in [0.2, 0.25) is 0 Å². The summed E-state index contributed by atoms with van der Waals surface area (Å²) in [6.45, 7) is 1.37. The average molecular weight is 365 g/mol. The van der Waals surface area contributed by atoms with Crippen LogP contribution in [0.2, 0.25) is 10.0 Å². The molecule has 0 aliphatic carbocycles. The van der Waals surface area contributed by atoms with Crippen molar-refractivity contribution in [2.75, 3.05) is 12.8 Å². The fourth-order valence-electron chi connectivity index (χ4n) is 1.29. The third kappa shape index (κ3) is 6.13. The number of esters is 1. The SMILES string of the molecule is CNC(=O)NC(=O)[C@@H](C)OC(=O)CSc1cc(Cl)ccc1Cl. The lowest BCUT2D eigenvalue weighted by molar-refractivity contribution is -0.151. The van der Waals surface area contributed by atoms with Crippen LogP contribution in [0.5, 0.6) is 0 Å². The van der Waals surface area contributed by atoms with Crippen molar-refractivity contribution in [3.05, 3.63) is 28.2 Å². The Bertz CT molecular complexity index is 583. The van der Waals surface area contributed by atoms with E-state index in [1.165, 1.54) is 14.0 Å². The minimum Gasteiger partial charge on any atom is -0.452 e. The van der Waals surface area contributed by atoms with Gasteiger partial charge in [-0.25, -0.2) is 4.79 Å². The predicted octanol–water partition coefficient (Wildman–Crippen LogP) is 2.47. The van der Waals surface area contributed by atoms with Gasteiger partial charge in [-0.3, -0.25) is 14.9 Å². The van der Waals surface area contributed by atoms with Crippen molar-refractivity contribution < 1.29 is 19.1 Å². The highest BCUT2D eigenvalue weighted by Gasteiger charge is 2.19. The fourth-order valence-corrected chi connectivity index (χ4v) is 2.56. The zero-order chi connectivity index (χ0) is 16.7. The molecule has 1 aromatic rings. The number of carbonyl (C=O) groups excluding carboxylic acids is 3. The van der Waals surface area contributed by atoms with E-state index in [1.54, 1.807) is 18.2 Å². The lowest BCUT2D eigenvalue weighted by Crippen LogP contribution is -2.43. The second kappa shape index (κ2) is 8.87. The molecule has 1 atom stereocenters. The molecule has 0 fully saturated rings. The summed E-state index contributed by atoms with van der Waals surface area (Å²) in [5.74, 6) is -1.36. The minimum absolute atomic E-state index is 0.0440. The van der Waals surface area contributed by atoms with Crippen LogP contribution < -0.4 is 10.6 Å². The first-order valence-corrected chi connectivity index (χ1v) is 7.87. The molecule has 120 valence electrons. The van der Waals surface area contributed by atoms with Crippen LogP contribution in [0.4, 0.5) is 4.79 Å². The van der Waals surface area contributed by atoms with E-state index in [0.29, 0.717) is 14.9 Å². The molecule has 0 aliphatic rings. The summed E-state index contributed by atoms with van der Waals surface area (Å²) in [5.41, 5.74) is 0. The molecule has 1 aromatic carbocycles. The largest absolute Gasteiger partial charge is 0.452 e. The van der Waals surface area contributed by atoms with Gasteiger partial charge in [0.05, 0.1) is 10.8 Å². The smallest absolute Gasteiger partial charge is 0.321 e. The quantitative estimate of drug-likeness (QED) is 0.619. The predicted molar refractivity (Wildman–Crippen MR) is 85.3 cm³/mol. The van der Waals surface area contributed by atoms with Crippen molar-refractivity contribution in [2.45, 2.75) is 17.9 Å². The first-order chi connectivity index (χ1) is 10.3. The molecule has 0 aromatic heterocycles. The molecular weight excluding hydrogens is 351 g/mol. The summed E-state index contributed by atoms with van der Waals surface area (Å²) in [6.07, 6.45) is -1.08. The number of benzene rings is 1. The van der Waals surface area contributed by atoms with Crippen LogP contribution in [0, 0.1) is 0 Å². The molecule has 9 heteroatoms. The first-order valence-electron chi connectivity index (χ1n) is 6.13. The molecule has 3 amide bonds. The fraction of sp³-hybridized carbons (Fsp3) is 0.308. The van der Waals surface area contributed by atoms with Crippen molar-refractivity contribution in [1.82, 2.24) is 10.6 Å². The number of ether oxygens (including phenoxy) is 1. The lowest BCUT2D eigenvalue weighted by atomic mass is 10.4. The van der Waals surface area contributed by atoms with Crippen LogP contribution in [0.3, 0.4) is 0 Å². The molecule has 2 N–H and O–H groups in total. The number of amides is 3. The van der Waals surface area contributed by atoms with Crippen molar-refractivity contribution in [3.63, 3.8) is 0 Å². The van der Waals surface area contributed by atoms with Crippen LogP contribution in [0.25, 0.3) is 0 Å². The maximum absolute atomic E-state index is 11.7. The van der Waals surface area contributed by atoms with E-state index in [1.807, 2.05) is 5.32 Å². The van der Waals surface area contributed by atoms with Crippen LogP contribution in [0.1, 0.15) is 6.92 Å². The summed E-state index contributed by atoms with van der Waals surface area (Å²) >= 11 is 12.9. The Morgan fingerprint density at radius 2 is 2.00 bits per heavy atom. The van der Waals surface area contributed by atoms with E-state index in [2.05, 4.69) is 5.32 Å². The highest BCUT2D eigenvalue weighted by molar-refractivity contribution is 8.00. The lowest BCUT2D eigenvalue weighted by Gasteiger charge is -2.12. The number of urea groups is 1. The zero-order valence-electron chi connectivity index (χ0n) is 11.8. The second-order valence-corrected chi connectivity index (χ2v) is 5.92. The Labute approximate surface area is 141 Å². The Morgan fingerprint density at radius 1 is 1.32 bits per heavy atom. The highest BCUT2D eigenvalue weighted by atomic mass is 35.5. The van der Waals surface area contributed by atoms with Gasteiger partial charge in [-0.15, -0.1) is 11.8 Å². The van der Waals surface area contributed by atoms with E-state index < -0.39 is 24.0 Å². The molecule has 0 bridgehead atoms. The summed E-state index contributed by atoms with van der Waals surface area (Å²) in [6, 6.07) is 4.21. The Balaban J connectivity index is 2.47. The molecule has 6 nitrogen and oxygen atoms in total. The molecule has 0 aliphatic heterocycles. The van der Waals surface area contributed by atoms with Gasteiger partial charge in [0, 0.05) is 17.0 Å². The molecule has 22 heavy (non-hydrogen) atoms. The molecule has 0 heterocycles. The van der Waals surface area contributed by atoms with Gasteiger partial charge in [0.25, 0.3) is 5.91 Å². The number of imide groups is 1. The zero-order valence-corrected chi connectivity index (χ0v) is 14.1. The maximum atomic E-state index is 11.7. The maximum Gasteiger partial charge on any atom is 0.321 e. The summed E-state index contributed by atoms with van der Waals surface area (Å²) in [5, 5.41) is 5.20. The van der Waals surface area contributed by atoms with Crippen LogP contribution in [-0.4, -0.2) is 36.8 Å². The third-order valence-electron chi connectivity index (χ3n) is 2.38. The van der Waals surface area contributed by atoms with E-state index in [4.69, 9.17) is 27.9 Å². The van der Waals surface area contributed by atoms with Gasteiger partial charge < -0.3 is 10.1 Å². The van der Waals surface area contributed by atoms with E-state index in [-0.39, 0.29) is 5.75 Å². The molecule has 1 rings (SSSR count). The summed E-state index contributed by atoms with van der Waals surface area (Å²) < 4.78 is 4.92. The Kier molecular flexibility index (Phi) is 7.50. The topological polar surface area (TPSA) is 84.5 Å². The van der Waals surface area contributed by atoms with Gasteiger partial charge in [0.15, 0.2) is 6.10 Å². The van der Waals surface area contributed by atoms with Gasteiger partial charge in [-0.1, -0.05) is 23.2 Å².